The lowest BCUT2D eigenvalue weighted by Gasteiger charge is -2.26. The molecule has 0 fully saturated rings. The summed E-state index contributed by atoms with van der Waals surface area (Å²) in [6, 6.07) is 23.8. The fourth-order valence-corrected chi connectivity index (χ4v) is 4.69. The summed E-state index contributed by atoms with van der Waals surface area (Å²) in [7, 11) is 0. The second-order valence-corrected chi connectivity index (χ2v) is 8.62. The van der Waals surface area contributed by atoms with Crippen molar-refractivity contribution in [1.82, 2.24) is 10.3 Å². The molecule has 3 N–H and O–H groups in total. The fraction of sp³-hybridized carbons (Fsp3) is 0.185. The first-order chi connectivity index (χ1) is 16.0. The third-order valence-electron chi connectivity index (χ3n) is 6.41. The van der Waals surface area contributed by atoms with Gasteiger partial charge in [0.25, 0.3) is 0 Å². The largest absolute Gasteiger partial charge is 0.480 e. The molecule has 1 heterocycles. The molecule has 1 aliphatic rings. The number of nitrogens with one attached hydrogen (secondary N) is 2. The van der Waals surface area contributed by atoms with Crippen molar-refractivity contribution in [2.45, 2.75) is 24.8 Å². The summed E-state index contributed by atoms with van der Waals surface area (Å²) in [5, 5.41) is 13.4. The van der Waals surface area contributed by atoms with Gasteiger partial charge in [0.15, 0.2) is 0 Å². The third-order valence-corrected chi connectivity index (χ3v) is 6.41. The van der Waals surface area contributed by atoms with Crippen LogP contribution in [-0.4, -0.2) is 34.3 Å². The van der Waals surface area contributed by atoms with E-state index in [0.29, 0.717) is 0 Å². The number of aromatic amines is 1. The van der Waals surface area contributed by atoms with E-state index in [0.717, 1.165) is 38.7 Å². The number of alkyl carbamates (subject to hydrolysis) is 1. The van der Waals surface area contributed by atoms with Crippen LogP contribution in [0.2, 0.25) is 0 Å². The van der Waals surface area contributed by atoms with Crippen molar-refractivity contribution in [3.05, 3.63) is 95.7 Å². The van der Waals surface area contributed by atoms with Gasteiger partial charge in [0, 0.05) is 29.4 Å². The minimum absolute atomic E-state index is 0.0900. The van der Waals surface area contributed by atoms with Gasteiger partial charge in [-0.15, -0.1) is 0 Å². The van der Waals surface area contributed by atoms with Gasteiger partial charge in [-0.05, 0) is 40.8 Å². The smallest absolute Gasteiger partial charge is 0.408 e. The summed E-state index contributed by atoms with van der Waals surface area (Å²) >= 11 is 0. The van der Waals surface area contributed by atoms with E-state index in [9.17, 15) is 14.7 Å². The highest BCUT2D eigenvalue weighted by molar-refractivity contribution is 5.87. The number of aromatic nitrogens is 1. The number of carbonyl (C=O) groups is 2. The maximum Gasteiger partial charge on any atom is 0.408 e. The summed E-state index contributed by atoms with van der Waals surface area (Å²) < 4.78 is 5.57. The number of carboxylic acid groups (broad SMARTS) is 1. The topological polar surface area (TPSA) is 91.4 Å². The molecule has 1 aliphatic carbocycles. The fourth-order valence-electron chi connectivity index (χ4n) is 4.69. The Morgan fingerprint density at radius 2 is 1.58 bits per heavy atom. The zero-order chi connectivity index (χ0) is 23.0. The molecule has 4 aromatic rings. The van der Waals surface area contributed by atoms with Crippen LogP contribution in [0.25, 0.3) is 22.0 Å². The van der Waals surface area contributed by atoms with Crippen molar-refractivity contribution in [3.8, 4) is 11.1 Å². The predicted octanol–water partition coefficient (Wildman–Crippen LogP) is 5.09. The van der Waals surface area contributed by atoms with Crippen LogP contribution in [-0.2, 0) is 16.0 Å². The Labute approximate surface area is 191 Å². The molecule has 0 radical (unpaired) electrons. The molecule has 0 spiro atoms. The lowest BCUT2D eigenvalue weighted by atomic mass is 9.93. The van der Waals surface area contributed by atoms with E-state index in [1.54, 1.807) is 6.20 Å². The maximum atomic E-state index is 12.7. The Morgan fingerprint density at radius 3 is 2.24 bits per heavy atom. The molecule has 5 rings (SSSR count). The minimum Gasteiger partial charge on any atom is -0.480 e. The molecule has 0 saturated heterocycles. The van der Waals surface area contributed by atoms with Crippen molar-refractivity contribution in [2.75, 3.05) is 6.61 Å². The summed E-state index contributed by atoms with van der Waals surface area (Å²) in [6.07, 6.45) is 1.16. The second-order valence-electron chi connectivity index (χ2n) is 8.62. The van der Waals surface area contributed by atoms with Gasteiger partial charge in [0.2, 0.25) is 0 Å². The highest BCUT2D eigenvalue weighted by Gasteiger charge is 2.37. The number of fused-ring (bicyclic) bond motifs is 4. The molecule has 6 nitrogen and oxygen atoms in total. The summed E-state index contributed by atoms with van der Waals surface area (Å²) in [4.78, 5) is 28.0. The SMILES string of the molecule is C[C@@](Cc1c[nH]c2ccccc12)(NC(=O)OCC1c2ccccc2-c2ccccc21)C(=O)O. The summed E-state index contributed by atoms with van der Waals surface area (Å²) in [5.74, 6) is -1.21. The lowest BCUT2D eigenvalue weighted by Crippen LogP contribution is -2.54. The Morgan fingerprint density at radius 1 is 0.970 bits per heavy atom. The van der Waals surface area contributed by atoms with E-state index in [2.05, 4.69) is 22.4 Å². The van der Waals surface area contributed by atoms with Gasteiger partial charge >= 0.3 is 12.1 Å². The van der Waals surface area contributed by atoms with Gasteiger partial charge in [-0.1, -0.05) is 66.7 Å². The highest BCUT2D eigenvalue weighted by atomic mass is 16.5. The molecule has 0 aliphatic heterocycles. The average Bonchev–Trinajstić information content (AvgIpc) is 3.36. The standard InChI is InChI=1S/C27H24N2O4/c1-27(25(30)31,14-17-15-28-24-13-7-6-8-18(17)24)29-26(32)33-16-23-21-11-4-2-9-19(21)20-10-3-5-12-22(20)23/h2-13,15,23,28H,14,16H2,1H3,(H,29,32)(H,30,31)/t27-/m0/s1. The molecule has 6 heteroatoms. The number of benzene rings is 3. The van der Waals surface area contributed by atoms with Gasteiger partial charge in [-0.3, -0.25) is 0 Å². The van der Waals surface area contributed by atoms with Crippen LogP contribution in [0.5, 0.6) is 0 Å². The first kappa shape index (κ1) is 20.8. The number of para-hydroxylation sites is 1. The average molecular weight is 440 g/mol. The Bertz CT molecular complexity index is 1310. The normalized spacial score (nSPS) is 14.3. The van der Waals surface area contributed by atoms with Crippen LogP contribution in [0, 0.1) is 0 Å². The number of ether oxygens (including phenoxy) is 1. The zero-order valence-corrected chi connectivity index (χ0v) is 18.2. The molecule has 1 aromatic heterocycles. The first-order valence-electron chi connectivity index (χ1n) is 10.9. The summed E-state index contributed by atoms with van der Waals surface area (Å²) in [6.45, 7) is 1.63. The summed E-state index contributed by atoms with van der Waals surface area (Å²) in [5.41, 5.74) is 4.69. The van der Waals surface area contributed by atoms with Crippen LogP contribution in [0.1, 0.15) is 29.5 Å². The van der Waals surface area contributed by atoms with Crippen LogP contribution in [0.4, 0.5) is 4.79 Å². The number of hydrogen-bond donors (Lipinski definition) is 3. The van der Waals surface area contributed by atoms with Gasteiger partial charge in [0.1, 0.15) is 12.1 Å². The van der Waals surface area contributed by atoms with E-state index in [1.165, 1.54) is 6.92 Å². The van der Waals surface area contributed by atoms with Gasteiger partial charge in [0.05, 0.1) is 0 Å². The lowest BCUT2D eigenvalue weighted by molar-refractivity contribution is -0.143. The second kappa shape index (κ2) is 8.13. The van der Waals surface area contributed by atoms with Crippen molar-refractivity contribution < 1.29 is 19.4 Å². The molecular formula is C27H24N2O4. The number of H-pyrrole nitrogens is 1. The van der Waals surface area contributed by atoms with Crippen LogP contribution >= 0.6 is 0 Å². The van der Waals surface area contributed by atoms with Gasteiger partial charge in [-0.25, -0.2) is 9.59 Å². The third kappa shape index (κ3) is 3.74. The molecule has 0 unspecified atom stereocenters. The Balaban J connectivity index is 1.32. The quantitative estimate of drug-likeness (QED) is 0.389. The van der Waals surface area contributed by atoms with Crippen molar-refractivity contribution in [2.24, 2.45) is 0 Å². The van der Waals surface area contributed by atoms with Crippen LogP contribution in [0.15, 0.2) is 79.0 Å². The number of amides is 1. The Hall–Kier alpha value is -4.06. The number of rotatable bonds is 6. The molecule has 166 valence electrons. The first-order valence-corrected chi connectivity index (χ1v) is 10.9. The maximum absolute atomic E-state index is 12.7. The molecular weight excluding hydrogens is 416 g/mol. The van der Waals surface area contributed by atoms with Crippen molar-refractivity contribution in [3.63, 3.8) is 0 Å². The molecule has 33 heavy (non-hydrogen) atoms. The Kier molecular flexibility index (Phi) is 5.13. The molecule has 0 bridgehead atoms. The molecule has 0 saturated carbocycles. The zero-order valence-electron chi connectivity index (χ0n) is 18.2. The number of aliphatic carboxylic acids is 1. The number of hydrogen-bond acceptors (Lipinski definition) is 3. The molecule has 3 aromatic carbocycles. The van der Waals surface area contributed by atoms with Gasteiger partial charge < -0.3 is 20.1 Å². The highest BCUT2D eigenvalue weighted by Crippen LogP contribution is 2.44. The van der Waals surface area contributed by atoms with E-state index < -0.39 is 17.6 Å². The van der Waals surface area contributed by atoms with E-state index in [1.807, 2.05) is 60.7 Å². The molecule has 1 amide bonds. The van der Waals surface area contributed by atoms with E-state index in [4.69, 9.17) is 4.74 Å². The number of carbonyl (C=O) groups excluding carboxylic acids is 1. The van der Waals surface area contributed by atoms with Crippen molar-refractivity contribution in [1.29, 1.82) is 0 Å². The van der Waals surface area contributed by atoms with Gasteiger partial charge in [-0.2, -0.15) is 0 Å². The molecule has 1 atom stereocenters. The minimum atomic E-state index is -1.52. The van der Waals surface area contributed by atoms with Crippen molar-refractivity contribution >= 4 is 23.0 Å². The number of carboxylic acids is 1. The monoisotopic (exact) mass is 440 g/mol. The van der Waals surface area contributed by atoms with Crippen LogP contribution < -0.4 is 5.32 Å². The van der Waals surface area contributed by atoms with E-state index in [-0.39, 0.29) is 18.9 Å². The van der Waals surface area contributed by atoms with Crippen LogP contribution in [0.3, 0.4) is 0 Å². The predicted molar refractivity (Wildman–Crippen MR) is 126 cm³/mol. The van der Waals surface area contributed by atoms with E-state index >= 15 is 0 Å².